The van der Waals surface area contributed by atoms with Crippen molar-refractivity contribution < 1.29 is 18.0 Å². The summed E-state index contributed by atoms with van der Waals surface area (Å²) in [4.78, 5) is 29.3. The summed E-state index contributed by atoms with van der Waals surface area (Å²) in [5.74, 6) is -0.470. The zero-order chi connectivity index (χ0) is 22.3. The highest BCUT2D eigenvalue weighted by Gasteiger charge is 2.31. The summed E-state index contributed by atoms with van der Waals surface area (Å²) in [5.41, 5.74) is 0.535. The van der Waals surface area contributed by atoms with E-state index in [1.54, 1.807) is 16.1 Å². The normalized spacial score (nSPS) is 12.9. The van der Waals surface area contributed by atoms with Crippen LogP contribution in [0.4, 0.5) is 18.9 Å². The molecule has 2 aromatic carbocycles. The molecule has 0 aliphatic heterocycles. The van der Waals surface area contributed by atoms with Crippen LogP contribution >= 0.6 is 0 Å². The largest absolute Gasteiger partial charge is 0.416 e. The molecule has 0 aliphatic carbocycles. The molecule has 31 heavy (non-hydrogen) atoms. The van der Waals surface area contributed by atoms with Crippen LogP contribution in [0.3, 0.4) is 0 Å². The number of aromatic nitrogens is 3. The Morgan fingerprint density at radius 3 is 2.58 bits per heavy atom. The van der Waals surface area contributed by atoms with Crippen LogP contribution in [0, 0.1) is 6.92 Å². The van der Waals surface area contributed by atoms with E-state index >= 15 is 0 Å². The van der Waals surface area contributed by atoms with Crippen molar-refractivity contribution in [2.75, 3.05) is 5.32 Å². The lowest BCUT2D eigenvalue weighted by molar-refractivity contribution is -0.137. The van der Waals surface area contributed by atoms with Crippen LogP contribution in [0.1, 0.15) is 30.6 Å². The number of nitrogens with one attached hydrogen (secondary N) is 1. The fourth-order valence-corrected chi connectivity index (χ4v) is 3.78. The number of rotatable bonds is 4. The minimum atomic E-state index is -4.51. The van der Waals surface area contributed by atoms with E-state index in [-0.39, 0.29) is 11.2 Å². The van der Waals surface area contributed by atoms with Crippen molar-refractivity contribution in [2.24, 2.45) is 0 Å². The van der Waals surface area contributed by atoms with Gasteiger partial charge in [-0.3, -0.25) is 14.3 Å². The Morgan fingerprint density at radius 1 is 1.13 bits per heavy atom. The number of para-hydroxylation sites is 1. The molecule has 0 unspecified atom stereocenters. The van der Waals surface area contributed by atoms with E-state index in [1.807, 2.05) is 31.2 Å². The third-order valence-electron chi connectivity index (χ3n) is 5.13. The van der Waals surface area contributed by atoms with E-state index in [2.05, 4.69) is 10.3 Å². The summed E-state index contributed by atoms with van der Waals surface area (Å²) < 4.78 is 42.5. The Hall–Kier alpha value is -3.62. The number of carbonyl (C=O) groups is 1. The Labute approximate surface area is 174 Å². The lowest BCUT2D eigenvalue weighted by Crippen LogP contribution is -2.29. The van der Waals surface area contributed by atoms with Gasteiger partial charge in [0.1, 0.15) is 6.04 Å². The zero-order valence-corrected chi connectivity index (χ0v) is 16.8. The van der Waals surface area contributed by atoms with Gasteiger partial charge in [0.2, 0.25) is 5.91 Å². The molecule has 2 aromatic heterocycles. The first-order chi connectivity index (χ1) is 14.7. The van der Waals surface area contributed by atoms with Gasteiger partial charge in [0.15, 0.2) is 5.65 Å². The summed E-state index contributed by atoms with van der Waals surface area (Å²) in [7, 11) is 0. The molecule has 0 aliphatic rings. The number of halogens is 3. The van der Waals surface area contributed by atoms with Crippen molar-refractivity contribution in [3.05, 3.63) is 76.2 Å². The molecule has 160 valence electrons. The third-order valence-corrected chi connectivity index (χ3v) is 5.13. The first-order valence-corrected chi connectivity index (χ1v) is 9.68. The van der Waals surface area contributed by atoms with Gasteiger partial charge in [0.25, 0.3) is 5.56 Å². The molecule has 9 heteroatoms. The van der Waals surface area contributed by atoms with Gasteiger partial charge < -0.3 is 5.32 Å². The summed E-state index contributed by atoms with van der Waals surface area (Å²) in [6.07, 6.45) is -4.14. The SMILES string of the molecule is CC[C@@H](C(=O)Nc1cccc(C(F)(F)F)c1)n1c2ccccc2c2nc(=O)cc(C)n21. The molecule has 2 heterocycles. The lowest BCUT2D eigenvalue weighted by atomic mass is 10.1. The minimum Gasteiger partial charge on any atom is -0.324 e. The van der Waals surface area contributed by atoms with Gasteiger partial charge in [-0.2, -0.15) is 18.2 Å². The van der Waals surface area contributed by atoms with E-state index < -0.39 is 23.7 Å². The molecule has 0 bridgehead atoms. The minimum absolute atomic E-state index is 0.0562. The fourth-order valence-electron chi connectivity index (χ4n) is 3.78. The van der Waals surface area contributed by atoms with E-state index in [9.17, 15) is 22.8 Å². The second kappa shape index (κ2) is 7.57. The highest BCUT2D eigenvalue weighted by Crippen LogP contribution is 2.31. The van der Waals surface area contributed by atoms with Crippen molar-refractivity contribution in [1.29, 1.82) is 0 Å². The van der Waals surface area contributed by atoms with Crippen LogP contribution in [0.5, 0.6) is 0 Å². The van der Waals surface area contributed by atoms with E-state index in [1.165, 1.54) is 18.2 Å². The van der Waals surface area contributed by atoms with Crippen LogP contribution < -0.4 is 10.9 Å². The van der Waals surface area contributed by atoms with Gasteiger partial charge in [-0.1, -0.05) is 25.1 Å². The highest BCUT2D eigenvalue weighted by atomic mass is 19.4. The predicted molar refractivity (Wildman–Crippen MR) is 111 cm³/mol. The average molecular weight is 428 g/mol. The molecule has 0 radical (unpaired) electrons. The second-order valence-corrected chi connectivity index (χ2v) is 7.22. The average Bonchev–Trinajstić information content (AvgIpc) is 3.03. The number of carbonyl (C=O) groups excluding carboxylic acids is 1. The summed E-state index contributed by atoms with van der Waals surface area (Å²) in [6.45, 7) is 3.55. The second-order valence-electron chi connectivity index (χ2n) is 7.22. The molecule has 0 saturated heterocycles. The van der Waals surface area contributed by atoms with Crippen molar-refractivity contribution >= 4 is 28.1 Å². The number of aryl methyl sites for hydroxylation is 1. The van der Waals surface area contributed by atoms with Crippen molar-refractivity contribution in [3.8, 4) is 0 Å². The number of alkyl halides is 3. The van der Waals surface area contributed by atoms with Crippen molar-refractivity contribution in [3.63, 3.8) is 0 Å². The van der Waals surface area contributed by atoms with E-state index in [0.717, 1.165) is 12.1 Å². The van der Waals surface area contributed by atoms with Crippen LogP contribution in [-0.2, 0) is 11.0 Å². The molecule has 0 fully saturated rings. The first-order valence-electron chi connectivity index (χ1n) is 9.68. The third kappa shape index (κ3) is 3.67. The molecule has 0 spiro atoms. The van der Waals surface area contributed by atoms with Crippen LogP contribution in [-0.4, -0.2) is 20.1 Å². The lowest BCUT2D eigenvalue weighted by Gasteiger charge is -2.21. The molecular formula is C22H19F3N4O2. The zero-order valence-electron chi connectivity index (χ0n) is 16.8. The number of fused-ring (bicyclic) bond motifs is 3. The monoisotopic (exact) mass is 428 g/mol. The number of amides is 1. The summed E-state index contributed by atoms with van der Waals surface area (Å²) in [5, 5.41) is 3.30. The fraction of sp³-hybridized carbons (Fsp3) is 0.227. The highest BCUT2D eigenvalue weighted by molar-refractivity contribution is 5.97. The molecule has 1 N–H and O–H groups in total. The Kier molecular flexibility index (Phi) is 5.04. The van der Waals surface area contributed by atoms with Gasteiger partial charge in [0.05, 0.1) is 11.1 Å². The summed E-state index contributed by atoms with van der Waals surface area (Å²) >= 11 is 0. The number of hydrogen-bond donors (Lipinski definition) is 1. The van der Waals surface area contributed by atoms with Gasteiger partial charge in [0, 0.05) is 22.8 Å². The van der Waals surface area contributed by atoms with Crippen LogP contribution in [0.25, 0.3) is 16.6 Å². The standard InChI is InChI=1S/C22H19F3N4O2/c1-3-17(21(31)26-15-8-6-7-14(12-15)22(23,24)25)29-18-10-5-4-9-16(18)20-27-19(30)11-13(2)28(20)29/h4-12,17H,3H2,1-2H3,(H,26,31)/t17-/m0/s1. The molecular weight excluding hydrogens is 409 g/mol. The van der Waals surface area contributed by atoms with E-state index in [0.29, 0.717) is 28.7 Å². The van der Waals surface area contributed by atoms with Crippen molar-refractivity contribution in [1.82, 2.24) is 14.2 Å². The van der Waals surface area contributed by atoms with Gasteiger partial charge in [-0.15, -0.1) is 0 Å². The predicted octanol–water partition coefficient (Wildman–Crippen LogP) is 4.57. The van der Waals surface area contributed by atoms with Crippen LogP contribution in [0.2, 0.25) is 0 Å². The first kappa shape index (κ1) is 20.6. The molecule has 1 atom stereocenters. The Morgan fingerprint density at radius 2 is 1.87 bits per heavy atom. The Bertz CT molecular complexity index is 1350. The number of benzene rings is 2. The van der Waals surface area contributed by atoms with E-state index in [4.69, 9.17) is 0 Å². The topological polar surface area (TPSA) is 68.4 Å². The smallest absolute Gasteiger partial charge is 0.324 e. The molecule has 4 aromatic rings. The van der Waals surface area contributed by atoms with Gasteiger partial charge in [-0.25, -0.2) is 4.52 Å². The number of nitrogens with zero attached hydrogens (tertiary/aromatic N) is 3. The van der Waals surface area contributed by atoms with Gasteiger partial charge >= 0.3 is 6.18 Å². The Balaban J connectivity index is 1.83. The molecule has 0 saturated carbocycles. The maximum absolute atomic E-state index is 13.2. The molecule has 6 nitrogen and oxygen atoms in total. The van der Waals surface area contributed by atoms with Crippen LogP contribution in [0.15, 0.2) is 59.4 Å². The quantitative estimate of drug-likeness (QED) is 0.518. The maximum Gasteiger partial charge on any atom is 0.416 e. The molecule has 4 rings (SSSR count). The number of anilines is 1. The number of hydrogen-bond acceptors (Lipinski definition) is 3. The molecule has 1 amide bonds. The van der Waals surface area contributed by atoms with Gasteiger partial charge in [-0.05, 0) is 43.7 Å². The van der Waals surface area contributed by atoms with Crippen molar-refractivity contribution in [2.45, 2.75) is 32.5 Å². The summed E-state index contributed by atoms with van der Waals surface area (Å²) in [6, 6.07) is 12.4. The maximum atomic E-state index is 13.2.